The van der Waals surface area contributed by atoms with Crippen LogP contribution in [0.25, 0.3) is 10.8 Å². The zero-order chi connectivity index (χ0) is 18.2. The van der Waals surface area contributed by atoms with Crippen molar-refractivity contribution in [3.63, 3.8) is 0 Å². The van der Waals surface area contributed by atoms with E-state index in [0.29, 0.717) is 16.5 Å². The highest BCUT2D eigenvalue weighted by molar-refractivity contribution is 7.92. The number of hydrogen-bond acceptors (Lipinski definition) is 4. The maximum Gasteiger partial charge on any atom is 0.261 e. The summed E-state index contributed by atoms with van der Waals surface area (Å²) in [6.07, 6.45) is 0. The van der Waals surface area contributed by atoms with Crippen molar-refractivity contribution in [1.29, 1.82) is 0 Å². The first-order valence-electron chi connectivity index (χ1n) is 7.10. The lowest BCUT2D eigenvalue weighted by molar-refractivity contribution is 0.414. The number of anilines is 1. The Morgan fingerprint density at radius 1 is 1.00 bits per heavy atom. The van der Waals surface area contributed by atoms with Gasteiger partial charge in [-0.2, -0.15) is 0 Å². The molecule has 3 aromatic carbocycles. The van der Waals surface area contributed by atoms with Crippen LogP contribution in [0.1, 0.15) is 0 Å². The number of ether oxygens (including phenoxy) is 1. The maximum atomic E-state index is 12.7. The van der Waals surface area contributed by atoms with Crippen LogP contribution in [-0.2, 0) is 10.0 Å². The molecule has 0 heterocycles. The molecule has 0 atom stereocenters. The van der Waals surface area contributed by atoms with Gasteiger partial charge in [0.2, 0.25) is 0 Å². The zero-order valence-electron chi connectivity index (χ0n) is 13.0. The van der Waals surface area contributed by atoms with Crippen molar-refractivity contribution in [1.82, 2.24) is 0 Å². The molecule has 0 aromatic heterocycles. The first-order chi connectivity index (χ1) is 11.8. The van der Waals surface area contributed by atoms with Crippen molar-refractivity contribution in [2.75, 3.05) is 11.8 Å². The summed E-state index contributed by atoms with van der Waals surface area (Å²) in [5.74, 6) is 0.270. The Labute approximate surface area is 154 Å². The van der Waals surface area contributed by atoms with E-state index in [1.54, 1.807) is 24.3 Å². The fourth-order valence-electron chi connectivity index (χ4n) is 2.43. The number of aromatic hydroxyl groups is 1. The third kappa shape index (κ3) is 3.33. The average Bonchev–Trinajstić information content (AvgIpc) is 2.59. The molecule has 0 saturated heterocycles. The number of fused-ring (bicyclic) bond motifs is 1. The van der Waals surface area contributed by atoms with Gasteiger partial charge in [-0.1, -0.05) is 47.5 Å². The van der Waals surface area contributed by atoms with Gasteiger partial charge in [0.05, 0.1) is 27.7 Å². The second kappa shape index (κ2) is 6.63. The van der Waals surface area contributed by atoms with Crippen LogP contribution in [0.15, 0.2) is 53.4 Å². The summed E-state index contributed by atoms with van der Waals surface area (Å²) in [4.78, 5) is -0.0217. The third-order valence-electron chi connectivity index (χ3n) is 3.65. The molecule has 0 aliphatic carbocycles. The first-order valence-corrected chi connectivity index (χ1v) is 9.34. The number of hydrogen-bond donors (Lipinski definition) is 2. The van der Waals surface area contributed by atoms with Gasteiger partial charge in [0.25, 0.3) is 10.0 Å². The van der Waals surface area contributed by atoms with E-state index in [1.807, 2.05) is 0 Å². The van der Waals surface area contributed by atoms with Gasteiger partial charge in [0, 0.05) is 10.8 Å². The summed E-state index contributed by atoms with van der Waals surface area (Å²) in [7, 11) is -2.47. The van der Waals surface area contributed by atoms with E-state index < -0.39 is 10.0 Å². The number of nitrogens with one attached hydrogen (secondary N) is 1. The van der Waals surface area contributed by atoms with Crippen molar-refractivity contribution in [3.05, 3.63) is 58.6 Å². The lowest BCUT2D eigenvalue weighted by Gasteiger charge is -2.13. The molecular formula is C17H13Cl2NO4S. The van der Waals surface area contributed by atoms with E-state index in [4.69, 9.17) is 27.9 Å². The number of phenolic OH excluding ortho intramolecular Hbond substituents is 1. The Hall–Kier alpha value is -2.15. The summed E-state index contributed by atoms with van der Waals surface area (Å²) < 4.78 is 32.9. The van der Waals surface area contributed by atoms with Crippen molar-refractivity contribution in [3.8, 4) is 11.5 Å². The van der Waals surface area contributed by atoms with E-state index >= 15 is 0 Å². The third-order valence-corrected chi connectivity index (χ3v) is 5.59. The molecule has 3 aromatic rings. The Morgan fingerprint density at radius 3 is 2.32 bits per heavy atom. The molecule has 0 bridgehead atoms. The number of halogens is 2. The molecule has 8 heteroatoms. The van der Waals surface area contributed by atoms with Gasteiger partial charge in [-0.05, 0) is 24.3 Å². The smallest absolute Gasteiger partial charge is 0.261 e. The fourth-order valence-corrected chi connectivity index (χ4v) is 4.06. The van der Waals surface area contributed by atoms with Crippen LogP contribution in [0.4, 0.5) is 5.69 Å². The molecule has 25 heavy (non-hydrogen) atoms. The van der Waals surface area contributed by atoms with E-state index in [0.717, 1.165) is 0 Å². The SMILES string of the molecule is COc1ccc(S(=O)(=O)Nc2cc(Cl)c(O)c3ccccc23)cc1Cl. The van der Waals surface area contributed by atoms with Gasteiger partial charge < -0.3 is 9.84 Å². The lowest BCUT2D eigenvalue weighted by atomic mass is 10.1. The van der Waals surface area contributed by atoms with Gasteiger partial charge in [0.1, 0.15) is 11.5 Å². The van der Waals surface area contributed by atoms with E-state index in [2.05, 4.69) is 4.72 Å². The van der Waals surface area contributed by atoms with Gasteiger partial charge in [-0.25, -0.2) is 8.42 Å². The van der Waals surface area contributed by atoms with E-state index in [1.165, 1.54) is 31.4 Å². The lowest BCUT2D eigenvalue weighted by Crippen LogP contribution is -2.13. The van der Waals surface area contributed by atoms with Crippen LogP contribution < -0.4 is 9.46 Å². The Bertz CT molecular complexity index is 1070. The van der Waals surface area contributed by atoms with Crippen molar-refractivity contribution in [2.45, 2.75) is 4.90 Å². The van der Waals surface area contributed by atoms with Crippen molar-refractivity contribution in [2.24, 2.45) is 0 Å². The minimum Gasteiger partial charge on any atom is -0.506 e. The second-order valence-corrected chi connectivity index (χ2v) is 7.70. The van der Waals surface area contributed by atoms with E-state index in [-0.39, 0.29) is 26.4 Å². The molecule has 0 saturated carbocycles. The van der Waals surface area contributed by atoms with Crippen LogP contribution >= 0.6 is 23.2 Å². The van der Waals surface area contributed by atoms with Crippen molar-refractivity contribution < 1.29 is 18.3 Å². The van der Waals surface area contributed by atoms with Gasteiger partial charge in [-0.15, -0.1) is 0 Å². The highest BCUT2D eigenvalue weighted by Crippen LogP contribution is 2.38. The monoisotopic (exact) mass is 397 g/mol. The topological polar surface area (TPSA) is 75.6 Å². The van der Waals surface area contributed by atoms with Crippen LogP contribution in [-0.4, -0.2) is 20.6 Å². The number of methoxy groups -OCH3 is 1. The Balaban J connectivity index is 2.09. The zero-order valence-corrected chi connectivity index (χ0v) is 15.3. The highest BCUT2D eigenvalue weighted by Gasteiger charge is 2.19. The highest BCUT2D eigenvalue weighted by atomic mass is 35.5. The molecule has 2 N–H and O–H groups in total. The number of rotatable bonds is 4. The quantitative estimate of drug-likeness (QED) is 0.627. The minimum absolute atomic E-state index is 0.0217. The molecule has 0 unspecified atom stereocenters. The Kier molecular flexibility index (Phi) is 4.69. The predicted molar refractivity (Wildman–Crippen MR) is 99.4 cm³/mol. The molecule has 130 valence electrons. The van der Waals surface area contributed by atoms with Gasteiger partial charge >= 0.3 is 0 Å². The van der Waals surface area contributed by atoms with Gasteiger partial charge in [-0.3, -0.25) is 4.72 Å². The Morgan fingerprint density at radius 2 is 1.68 bits per heavy atom. The largest absolute Gasteiger partial charge is 0.506 e. The molecule has 0 radical (unpaired) electrons. The number of phenols is 1. The minimum atomic E-state index is -3.91. The average molecular weight is 398 g/mol. The standard InChI is InChI=1S/C17H13Cl2NO4S/c1-24-16-7-6-10(8-13(16)18)25(22,23)20-15-9-14(19)17(21)12-5-3-2-4-11(12)15/h2-9,20-21H,1H3. The molecule has 0 spiro atoms. The maximum absolute atomic E-state index is 12.7. The molecule has 0 amide bonds. The van der Waals surface area contributed by atoms with Crippen LogP contribution in [0, 0.1) is 0 Å². The number of sulfonamides is 1. The second-order valence-electron chi connectivity index (χ2n) is 5.20. The first kappa shape index (κ1) is 17.7. The van der Waals surface area contributed by atoms with Crippen LogP contribution in [0.5, 0.6) is 11.5 Å². The summed E-state index contributed by atoms with van der Waals surface area (Å²) in [5.41, 5.74) is 0.255. The van der Waals surface area contributed by atoms with Crippen LogP contribution in [0.2, 0.25) is 10.0 Å². The summed E-state index contributed by atoms with van der Waals surface area (Å²) in [6, 6.07) is 12.3. The van der Waals surface area contributed by atoms with Crippen LogP contribution in [0.3, 0.4) is 0 Å². The van der Waals surface area contributed by atoms with Gasteiger partial charge in [0.15, 0.2) is 0 Å². The molecule has 0 aliphatic heterocycles. The predicted octanol–water partition coefficient (Wildman–Crippen LogP) is 4.66. The summed E-state index contributed by atoms with van der Waals surface area (Å²) in [5, 5.41) is 11.2. The van der Waals surface area contributed by atoms with Crippen molar-refractivity contribution >= 4 is 49.7 Å². The summed E-state index contributed by atoms with van der Waals surface area (Å²) in [6.45, 7) is 0. The molecule has 3 rings (SSSR count). The summed E-state index contributed by atoms with van der Waals surface area (Å²) >= 11 is 12.0. The number of benzene rings is 3. The molecular weight excluding hydrogens is 385 g/mol. The molecule has 0 aliphatic rings. The molecule has 0 fully saturated rings. The fraction of sp³-hybridized carbons (Fsp3) is 0.0588. The molecule has 5 nitrogen and oxygen atoms in total. The normalized spacial score (nSPS) is 11.5. The van der Waals surface area contributed by atoms with E-state index in [9.17, 15) is 13.5 Å².